The van der Waals surface area contributed by atoms with Crippen molar-refractivity contribution >= 4 is 24.7 Å². The molecule has 0 saturated heterocycles. The molecule has 2 rings (SSSR count). The standard InChI is InChI=1S/C15H15N2O2S.BF4/c1-10-4-6-11(7-5-10)20-15-9-13(18-2)12(17-16)8-14(15)19-3;2-1(3,4)5/h4-9H,1-3H3;/q+1;-1. The minimum atomic E-state index is -6.00. The molecule has 0 N–H and O–H groups in total. The molecule has 25 heavy (non-hydrogen) atoms. The van der Waals surface area contributed by atoms with Gasteiger partial charge in [-0.2, -0.15) is 0 Å². The molecule has 0 aromatic heterocycles. The maximum absolute atomic E-state index is 9.75. The average Bonchev–Trinajstić information content (AvgIpc) is 2.55. The normalized spacial score (nSPS) is 10.3. The van der Waals surface area contributed by atoms with Gasteiger partial charge >= 0.3 is 12.9 Å². The van der Waals surface area contributed by atoms with Gasteiger partial charge in [-0.05, 0) is 19.1 Å². The molecule has 0 aliphatic rings. The van der Waals surface area contributed by atoms with Gasteiger partial charge in [-0.1, -0.05) is 29.5 Å². The largest absolute Gasteiger partial charge is 0.673 e. The van der Waals surface area contributed by atoms with Crippen LogP contribution in [-0.2, 0) is 0 Å². The first-order valence-electron chi connectivity index (χ1n) is 6.91. The second-order valence-corrected chi connectivity index (χ2v) is 5.80. The Balaban J connectivity index is 0.000000550. The van der Waals surface area contributed by atoms with Gasteiger partial charge in [0.05, 0.1) is 25.2 Å². The van der Waals surface area contributed by atoms with E-state index in [0.29, 0.717) is 17.2 Å². The minimum Gasteiger partial charge on any atom is -0.495 e. The van der Waals surface area contributed by atoms with Crippen LogP contribution >= 0.6 is 11.8 Å². The second kappa shape index (κ2) is 9.18. The number of hydrogen-bond donors (Lipinski definition) is 0. The quantitative estimate of drug-likeness (QED) is 0.377. The van der Waals surface area contributed by atoms with E-state index in [2.05, 4.69) is 36.2 Å². The van der Waals surface area contributed by atoms with Gasteiger partial charge in [0.2, 0.25) is 11.1 Å². The minimum absolute atomic E-state index is 0.345. The average molecular weight is 374 g/mol. The van der Waals surface area contributed by atoms with E-state index in [1.54, 1.807) is 31.0 Å². The molecule has 0 atom stereocenters. The number of hydrogen-bond acceptors (Lipinski definition) is 4. The zero-order chi connectivity index (χ0) is 19.0. The Hall–Kier alpha value is -2.41. The molecule has 0 fully saturated rings. The van der Waals surface area contributed by atoms with Crippen LogP contribution in [-0.4, -0.2) is 21.5 Å². The first-order chi connectivity index (χ1) is 11.7. The van der Waals surface area contributed by atoms with E-state index in [-0.39, 0.29) is 0 Å². The molecule has 0 spiro atoms. The lowest BCUT2D eigenvalue weighted by atomic mass is 10.2. The highest BCUT2D eigenvalue weighted by Gasteiger charge is 2.21. The first kappa shape index (κ1) is 20.6. The maximum Gasteiger partial charge on any atom is 0.673 e. The Bertz CT molecular complexity index is 743. The van der Waals surface area contributed by atoms with Gasteiger partial charge < -0.3 is 26.7 Å². The number of halogens is 4. The van der Waals surface area contributed by atoms with Crippen molar-refractivity contribution in [2.45, 2.75) is 16.7 Å². The van der Waals surface area contributed by atoms with Crippen LogP contribution in [0.4, 0.5) is 23.0 Å². The molecule has 0 aliphatic carbocycles. The highest BCUT2D eigenvalue weighted by molar-refractivity contribution is 7.99. The summed E-state index contributed by atoms with van der Waals surface area (Å²) in [5.74, 6) is 1.15. The van der Waals surface area contributed by atoms with Gasteiger partial charge in [0.1, 0.15) is 5.75 Å². The molecule has 0 radical (unpaired) electrons. The van der Waals surface area contributed by atoms with Crippen LogP contribution in [0.3, 0.4) is 0 Å². The Morgan fingerprint density at radius 3 is 1.92 bits per heavy atom. The van der Waals surface area contributed by atoms with Crippen LogP contribution in [0.5, 0.6) is 11.5 Å². The van der Waals surface area contributed by atoms with Crippen molar-refractivity contribution in [3.05, 3.63) is 46.9 Å². The second-order valence-electron chi connectivity index (χ2n) is 4.68. The lowest BCUT2D eigenvalue weighted by Gasteiger charge is -2.08. The van der Waals surface area contributed by atoms with Crippen molar-refractivity contribution in [1.29, 1.82) is 5.39 Å². The van der Waals surface area contributed by atoms with E-state index in [0.717, 1.165) is 9.79 Å². The predicted octanol–water partition coefficient (Wildman–Crippen LogP) is 5.95. The number of ether oxygens (including phenoxy) is 2. The molecule has 2 aromatic rings. The topological polar surface area (TPSA) is 46.6 Å². The molecule has 2 aromatic carbocycles. The Labute approximate surface area is 146 Å². The number of diazo groups is 1. The summed E-state index contributed by atoms with van der Waals surface area (Å²) >= 11 is 1.57. The lowest BCUT2D eigenvalue weighted by molar-refractivity contribution is 0.368. The van der Waals surface area contributed by atoms with E-state index in [4.69, 9.17) is 14.9 Å². The monoisotopic (exact) mass is 374 g/mol. The fraction of sp³-hybridized carbons (Fsp3) is 0.200. The van der Waals surface area contributed by atoms with Crippen LogP contribution < -0.4 is 9.47 Å². The van der Waals surface area contributed by atoms with Crippen LogP contribution in [0.2, 0.25) is 0 Å². The van der Waals surface area contributed by atoms with Crippen molar-refractivity contribution in [2.24, 2.45) is 0 Å². The smallest absolute Gasteiger partial charge is 0.495 e. The molecule has 0 amide bonds. The van der Waals surface area contributed by atoms with E-state index in [1.165, 1.54) is 12.7 Å². The van der Waals surface area contributed by atoms with Crippen molar-refractivity contribution in [3.8, 4) is 11.5 Å². The molecule has 4 nitrogen and oxygen atoms in total. The number of aryl methyl sites for hydroxylation is 1. The highest BCUT2D eigenvalue weighted by atomic mass is 32.2. The SMILES string of the molecule is COc1cc(Sc2ccc(C)cc2)c(OC)cc1[N+]#N.F[B-](F)(F)F. The molecule has 0 aliphatic heterocycles. The Kier molecular flexibility index (Phi) is 7.58. The molecule has 0 heterocycles. The molecule has 10 heteroatoms. The van der Waals surface area contributed by atoms with E-state index in [1.807, 2.05) is 0 Å². The zero-order valence-corrected chi connectivity index (χ0v) is 14.5. The summed E-state index contributed by atoms with van der Waals surface area (Å²) in [6, 6.07) is 11.7. The first-order valence-corrected chi connectivity index (χ1v) is 7.72. The molecule has 0 bridgehead atoms. The van der Waals surface area contributed by atoms with Crippen molar-refractivity contribution in [1.82, 2.24) is 0 Å². The summed E-state index contributed by atoms with van der Waals surface area (Å²) in [6.07, 6.45) is 0. The van der Waals surface area contributed by atoms with Crippen molar-refractivity contribution < 1.29 is 26.7 Å². The lowest BCUT2D eigenvalue weighted by Crippen LogP contribution is -2.02. The van der Waals surface area contributed by atoms with E-state index >= 15 is 0 Å². The highest BCUT2D eigenvalue weighted by Crippen LogP contribution is 2.42. The van der Waals surface area contributed by atoms with E-state index < -0.39 is 7.25 Å². The summed E-state index contributed by atoms with van der Waals surface area (Å²) in [5, 5.41) is 8.96. The summed E-state index contributed by atoms with van der Waals surface area (Å²) in [7, 11) is -2.88. The number of nitrogens with zero attached hydrogens (tertiary/aromatic N) is 2. The van der Waals surface area contributed by atoms with Gasteiger partial charge in [-0.3, -0.25) is 0 Å². The third-order valence-corrected chi connectivity index (χ3v) is 3.87. The Morgan fingerprint density at radius 2 is 1.48 bits per heavy atom. The van der Waals surface area contributed by atoms with E-state index in [9.17, 15) is 17.3 Å². The van der Waals surface area contributed by atoms with Gasteiger partial charge in [-0.15, -0.1) is 0 Å². The summed E-state index contributed by atoms with van der Waals surface area (Å²) < 4.78 is 49.5. The van der Waals surface area contributed by atoms with Crippen molar-refractivity contribution in [3.63, 3.8) is 0 Å². The summed E-state index contributed by atoms with van der Waals surface area (Å²) in [5.41, 5.74) is 1.56. The predicted molar refractivity (Wildman–Crippen MR) is 89.8 cm³/mol. The zero-order valence-electron chi connectivity index (χ0n) is 13.7. The van der Waals surface area contributed by atoms with Gasteiger partial charge in [-0.25, -0.2) is 0 Å². The fourth-order valence-corrected chi connectivity index (χ4v) is 2.68. The van der Waals surface area contributed by atoms with Crippen LogP contribution in [0.1, 0.15) is 5.56 Å². The summed E-state index contributed by atoms with van der Waals surface area (Å²) in [4.78, 5) is 5.20. The number of rotatable bonds is 4. The molecule has 0 unspecified atom stereocenters. The van der Waals surface area contributed by atoms with Crippen molar-refractivity contribution in [2.75, 3.05) is 14.2 Å². The molecular weight excluding hydrogens is 359 g/mol. The van der Waals surface area contributed by atoms with Crippen LogP contribution in [0.25, 0.3) is 4.98 Å². The third kappa shape index (κ3) is 7.35. The fourth-order valence-electron chi connectivity index (χ4n) is 1.74. The maximum atomic E-state index is 9.75. The number of benzene rings is 2. The van der Waals surface area contributed by atoms with Gasteiger partial charge in [0.15, 0.2) is 4.98 Å². The van der Waals surface area contributed by atoms with Crippen LogP contribution in [0.15, 0.2) is 46.2 Å². The molecule has 134 valence electrons. The number of methoxy groups -OCH3 is 2. The van der Waals surface area contributed by atoms with Gasteiger partial charge in [0.25, 0.3) is 0 Å². The third-order valence-electron chi connectivity index (χ3n) is 2.82. The summed E-state index contributed by atoms with van der Waals surface area (Å²) in [6.45, 7) is 2.05. The van der Waals surface area contributed by atoms with Gasteiger partial charge in [0, 0.05) is 11.0 Å². The Morgan fingerprint density at radius 1 is 0.960 bits per heavy atom. The van der Waals surface area contributed by atoms with Crippen LogP contribution in [0, 0.1) is 12.3 Å². The molecule has 0 saturated carbocycles. The molecular formula is C15H15BF4N2O2S.